The van der Waals surface area contributed by atoms with Crippen LogP contribution in [0.3, 0.4) is 0 Å². The Morgan fingerprint density at radius 1 is 1.26 bits per heavy atom. The van der Waals surface area contributed by atoms with Crippen molar-refractivity contribution in [1.82, 2.24) is 9.78 Å². The molecule has 0 atom stereocenters. The summed E-state index contributed by atoms with van der Waals surface area (Å²) in [5.41, 5.74) is 1.11. The predicted molar refractivity (Wildman–Crippen MR) is 104 cm³/mol. The third-order valence-corrected chi connectivity index (χ3v) is 4.98. The lowest BCUT2D eigenvalue weighted by atomic mass is 10.1. The predicted octanol–water partition coefficient (Wildman–Crippen LogP) is 3.65. The SMILES string of the molecule is Cc1ccc(-n2nc(C(=O)O)c(/C=C/c3cccs3)c(C#N)c2=O)cc1C. The molecule has 134 valence electrons. The summed E-state index contributed by atoms with van der Waals surface area (Å²) >= 11 is 1.46. The van der Waals surface area contributed by atoms with Crippen molar-refractivity contribution in [2.75, 3.05) is 0 Å². The van der Waals surface area contributed by atoms with E-state index >= 15 is 0 Å². The number of aryl methyl sites for hydroxylation is 2. The molecule has 2 heterocycles. The summed E-state index contributed by atoms with van der Waals surface area (Å²) in [4.78, 5) is 25.4. The third kappa shape index (κ3) is 3.57. The Bertz CT molecular complexity index is 1150. The Morgan fingerprint density at radius 3 is 2.63 bits per heavy atom. The molecule has 0 radical (unpaired) electrons. The molecular formula is C20H15N3O3S. The van der Waals surface area contributed by atoms with Gasteiger partial charge in [-0.25, -0.2) is 4.79 Å². The number of hydrogen-bond acceptors (Lipinski definition) is 5. The van der Waals surface area contributed by atoms with Crippen molar-refractivity contribution in [3.05, 3.63) is 78.9 Å². The molecule has 6 nitrogen and oxygen atoms in total. The molecule has 0 saturated carbocycles. The van der Waals surface area contributed by atoms with E-state index in [2.05, 4.69) is 5.10 Å². The van der Waals surface area contributed by atoms with Gasteiger partial charge in [0.2, 0.25) is 0 Å². The van der Waals surface area contributed by atoms with Gasteiger partial charge in [0.1, 0.15) is 11.6 Å². The average molecular weight is 377 g/mol. The van der Waals surface area contributed by atoms with Crippen molar-refractivity contribution in [1.29, 1.82) is 5.26 Å². The molecule has 7 heteroatoms. The summed E-state index contributed by atoms with van der Waals surface area (Å²) in [6.07, 6.45) is 3.11. The average Bonchev–Trinajstić information content (AvgIpc) is 3.15. The molecule has 0 aliphatic heterocycles. The molecule has 2 aromatic heterocycles. The van der Waals surface area contributed by atoms with Crippen molar-refractivity contribution in [2.24, 2.45) is 0 Å². The highest BCUT2D eigenvalue weighted by Crippen LogP contribution is 2.18. The Kier molecular flexibility index (Phi) is 5.01. The molecule has 0 aliphatic rings. The van der Waals surface area contributed by atoms with E-state index in [9.17, 15) is 20.0 Å². The maximum absolute atomic E-state index is 12.8. The number of carboxylic acid groups (broad SMARTS) is 1. The Balaban J connectivity index is 2.26. The second kappa shape index (κ2) is 7.40. The second-order valence-corrected chi connectivity index (χ2v) is 6.87. The standard InChI is InChI=1S/C20H15N3O3S/c1-12-5-6-14(10-13(12)2)23-19(24)17(11-21)16(18(22-23)20(25)26)8-7-15-4-3-9-27-15/h3-10H,1-2H3,(H,25,26)/b8-7+. The number of nitrogens with zero attached hydrogens (tertiary/aromatic N) is 3. The molecule has 0 saturated heterocycles. The van der Waals surface area contributed by atoms with Gasteiger partial charge in [0, 0.05) is 10.4 Å². The van der Waals surface area contributed by atoms with Crippen molar-refractivity contribution in [3.63, 3.8) is 0 Å². The molecule has 0 amide bonds. The van der Waals surface area contributed by atoms with Gasteiger partial charge in [0.25, 0.3) is 5.56 Å². The highest BCUT2D eigenvalue weighted by atomic mass is 32.1. The first-order valence-electron chi connectivity index (χ1n) is 8.02. The van der Waals surface area contributed by atoms with Crippen molar-refractivity contribution >= 4 is 29.5 Å². The highest BCUT2D eigenvalue weighted by molar-refractivity contribution is 7.10. The Hall–Kier alpha value is -3.50. The van der Waals surface area contributed by atoms with Gasteiger partial charge >= 0.3 is 5.97 Å². The molecule has 0 fully saturated rings. The van der Waals surface area contributed by atoms with Gasteiger partial charge in [-0.3, -0.25) is 4.79 Å². The van der Waals surface area contributed by atoms with E-state index in [1.807, 2.05) is 43.5 Å². The summed E-state index contributed by atoms with van der Waals surface area (Å²) < 4.78 is 0.969. The zero-order valence-corrected chi connectivity index (χ0v) is 15.4. The molecule has 1 N–H and O–H groups in total. The van der Waals surface area contributed by atoms with Crippen LogP contribution in [0.5, 0.6) is 0 Å². The first-order chi connectivity index (χ1) is 12.9. The monoisotopic (exact) mass is 377 g/mol. The Labute approximate surface area is 159 Å². The minimum atomic E-state index is -1.31. The molecule has 0 aliphatic carbocycles. The first-order valence-corrected chi connectivity index (χ1v) is 8.90. The van der Waals surface area contributed by atoms with E-state index in [1.54, 1.807) is 18.2 Å². The van der Waals surface area contributed by atoms with Crippen LogP contribution in [-0.2, 0) is 0 Å². The number of nitriles is 1. The minimum absolute atomic E-state index is 0.00323. The number of benzene rings is 1. The van der Waals surface area contributed by atoms with Crippen molar-refractivity contribution < 1.29 is 9.90 Å². The topological polar surface area (TPSA) is 96.0 Å². The summed E-state index contributed by atoms with van der Waals surface area (Å²) in [6, 6.07) is 10.8. The van der Waals surface area contributed by atoms with E-state index in [0.29, 0.717) is 5.69 Å². The zero-order valence-electron chi connectivity index (χ0n) is 14.6. The quantitative estimate of drug-likeness (QED) is 0.749. The summed E-state index contributed by atoms with van der Waals surface area (Å²) in [6.45, 7) is 3.81. The van der Waals surface area contributed by atoms with Crippen LogP contribution in [0.1, 0.15) is 37.6 Å². The third-order valence-electron chi connectivity index (χ3n) is 4.14. The largest absolute Gasteiger partial charge is 0.476 e. The van der Waals surface area contributed by atoms with E-state index in [4.69, 9.17) is 0 Å². The lowest BCUT2D eigenvalue weighted by molar-refractivity contribution is 0.0688. The molecular weight excluding hydrogens is 362 g/mol. The molecule has 0 spiro atoms. The van der Waals surface area contributed by atoms with E-state index < -0.39 is 11.5 Å². The van der Waals surface area contributed by atoms with Gasteiger partial charge in [0.15, 0.2) is 5.69 Å². The zero-order chi connectivity index (χ0) is 19.6. The lowest BCUT2D eigenvalue weighted by Crippen LogP contribution is -2.28. The van der Waals surface area contributed by atoms with Crippen molar-refractivity contribution in [3.8, 4) is 11.8 Å². The van der Waals surface area contributed by atoms with Crippen LogP contribution in [0, 0.1) is 25.2 Å². The van der Waals surface area contributed by atoms with Crippen LogP contribution in [0.4, 0.5) is 0 Å². The molecule has 3 rings (SSSR count). The molecule has 1 aromatic carbocycles. The number of carbonyl (C=O) groups is 1. The maximum atomic E-state index is 12.8. The number of thiophene rings is 1. The number of rotatable bonds is 4. The van der Waals surface area contributed by atoms with E-state index in [-0.39, 0.29) is 16.8 Å². The minimum Gasteiger partial charge on any atom is -0.476 e. The number of aromatic carboxylic acids is 1. The number of aromatic nitrogens is 2. The maximum Gasteiger partial charge on any atom is 0.357 e. The smallest absolute Gasteiger partial charge is 0.357 e. The van der Waals surface area contributed by atoms with Gasteiger partial charge in [0.05, 0.1) is 5.69 Å². The molecule has 27 heavy (non-hydrogen) atoms. The van der Waals surface area contributed by atoms with Crippen LogP contribution < -0.4 is 5.56 Å². The summed E-state index contributed by atoms with van der Waals surface area (Å²) in [5.74, 6) is -1.31. The molecule has 0 unspecified atom stereocenters. The van der Waals surface area contributed by atoms with Crippen LogP contribution in [0.15, 0.2) is 40.5 Å². The van der Waals surface area contributed by atoms with Crippen LogP contribution in [-0.4, -0.2) is 20.9 Å². The van der Waals surface area contributed by atoms with E-state index in [1.165, 1.54) is 17.4 Å². The fraction of sp³-hybridized carbons (Fsp3) is 0.100. The van der Waals surface area contributed by atoms with Crippen LogP contribution in [0.2, 0.25) is 0 Å². The normalized spacial score (nSPS) is 10.9. The fourth-order valence-corrected chi connectivity index (χ4v) is 3.17. The van der Waals surface area contributed by atoms with Gasteiger partial charge in [-0.1, -0.05) is 12.1 Å². The van der Waals surface area contributed by atoms with Gasteiger partial charge in [-0.15, -0.1) is 11.3 Å². The van der Waals surface area contributed by atoms with Crippen LogP contribution in [0.25, 0.3) is 17.8 Å². The fourth-order valence-electron chi connectivity index (χ4n) is 2.55. The molecule has 3 aromatic rings. The van der Waals surface area contributed by atoms with Crippen molar-refractivity contribution in [2.45, 2.75) is 13.8 Å². The van der Waals surface area contributed by atoms with Gasteiger partial charge in [-0.05, 0) is 60.7 Å². The van der Waals surface area contributed by atoms with Gasteiger partial charge < -0.3 is 5.11 Å². The molecule has 0 bridgehead atoms. The highest BCUT2D eigenvalue weighted by Gasteiger charge is 2.21. The second-order valence-electron chi connectivity index (χ2n) is 5.89. The summed E-state index contributed by atoms with van der Waals surface area (Å²) in [5, 5.41) is 25.0. The number of carboxylic acids is 1. The number of hydrogen-bond donors (Lipinski definition) is 1. The summed E-state index contributed by atoms with van der Waals surface area (Å²) in [7, 11) is 0. The van der Waals surface area contributed by atoms with Gasteiger partial charge in [-0.2, -0.15) is 15.0 Å². The van der Waals surface area contributed by atoms with Crippen LogP contribution >= 0.6 is 11.3 Å². The van der Waals surface area contributed by atoms with E-state index in [0.717, 1.165) is 20.7 Å². The Morgan fingerprint density at radius 2 is 2.04 bits per heavy atom. The lowest BCUT2D eigenvalue weighted by Gasteiger charge is -2.11. The first kappa shape index (κ1) is 18.3.